The van der Waals surface area contributed by atoms with Crippen molar-refractivity contribution in [2.45, 2.75) is 77.2 Å². The Hall–Kier alpha value is -3.18. The number of halogens is 1. The predicted molar refractivity (Wildman–Crippen MR) is 168 cm³/mol. The first-order chi connectivity index (χ1) is 21.7. The minimum atomic E-state index is -1.93. The third-order valence-electron chi connectivity index (χ3n) is 11.3. The molecule has 2 aromatic heterocycles. The molecule has 6 heterocycles. The van der Waals surface area contributed by atoms with Gasteiger partial charge in [0.25, 0.3) is 5.56 Å². The normalized spacial score (nSPS) is 25.2. The molecular weight excluding hydrogens is 573 g/mol. The molecule has 8 rings (SSSR count). The molecule has 45 heavy (non-hydrogen) atoms. The lowest BCUT2D eigenvalue weighted by molar-refractivity contribution is -0.169. The number of carbonyl (C=O) groups is 1. The molecule has 1 aliphatic carbocycles. The van der Waals surface area contributed by atoms with Crippen LogP contribution < -0.4 is 16.2 Å². The van der Waals surface area contributed by atoms with Crippen molar-refractivity contribution in [3.05, 3.63) is 61.7 Å². The maximum Gasteiger partial charge on any atom is 0.342 e. The van der Waals surface area contributed by atoms with Gasteiger partial charge < -0.3 is 29.9 Å². The Labute approximate surface area is 262 Å². The van der Waals surface area contributed by atoms with Gasteiger partial charge in [-0.15, -0.1) is 0 Å². The summed E-state index contributed by atoms with van der Waals surface area (Å²) in [5.41, 5.74) is 3.85. The molecule has 2 saturated heterocycles. The number of esters is 1. The van der Waals surface area contributed by atoms with E-state index in [1.54, 1.807) is 10.6 Å². The monoisotopic (exact) mass is 615 g/mol. The number of likely N-dealkylation sites (tertiary alicyclic amines) is 1. The fourth-order valence-corrected chi connectivity index (χ4v) is 8.62. The van der Waals surface area contributed by atoms with Crippen LogP contribution in [0.5, 0.6) is 0 Å². The molecule has 238 valence electrons. The second-order valence-electron chi connectivity index (χ2n) is 14.1. The molecule has 5 aliphatic rings. The van der Waals surface area contributed by atoms with Crippen LogP contribution in [0.4, 0.5) is 4.39 Å². The number of nitrogens with zero attached hydrogens (tertiary/aromatic N) is 3. The summed E-state index contributed by atoms with van der Waals surface area (Å²) < 4.78 is 22.0. The van der Waals surface area contributed by atoms with Crippen molar-refractivity contribution in [2.24, 2.45) is 11.8 Å². The van der Waals surface area contributed by atoms with Gasteiger partial charge >= 0.3 is 5.97 Å². The van der Waals surface area contributed by atoms with Crippen LogP contribution in [-0.2, 0) is 34.7 Å². The van der Waals surface area contributed by atoms with Gasteiger partial charge in [-0.1, -0.05) is 0 Å². The topological polar surface area (TPSA) is 109 Å². The van der Waals surface area contributed by atoms with Crippen LogP contribution in [0, 0.1) is 24.6 Å². The highest BCUT2D eigenvalue weighted by Gasteiger charge is 2.43. The zero-order valence-corrected chi connectivity index (χ0v) is 26.2. The highest BCUT2D eigenvalue weighted by molar-refractivity contribution is 5.93. The summed E-state index contributed by atoms with van der Waals surface area (Å²) in [7, 11) is 0. The quantitative estimate of drug-likeness (QED) is 0.293. The first kappa shape index (κ1) is 29.2. The molecule has 4 aliphatic heterocycles. The minimum Gasteiger partial charge on any atom is -0.458 e. The summed E-state index contributed by atoms with van der Waals surface area (Å²) in [6.07, 6.45) is 6.54. The van der Waals surface area contributed by atoms with E-state index in [-0.39, 0.29) is 35.2 Å². The Kier molecular flexibility index (Phi) is 7.13. The number of aryl methyl sites for hydroxylation is 1. The zero-order valence-electron chi connectivity index (χ0n) is 26.2. The third-order valence-corrected chi connectivity index (χ3v) is 11.3. The van der Waals surface area contributed by atoms with E-state index < -0.39 is 11.6 Å². The number of cyclic esters (lactones) is 1. The van der Waals surface area contributed by atoms with Gasteiger partial charge in [-0.2, -0.15) is 0 Å². The van der Waals surface area contributed by atoms with Crippen molar-refractivity contribution in [2.75, 3.05) is 39.3 Å². The summed E-state index contributed by atoms with van der Waals surface area (Å²) in [4.78, 5) is 33.8. The van der Waals surface area contributed by atoms with E-state index in [9.17, 15) is 14.7 Å². The Morgan fingerprint density at radius 1 is 1.09 bits per heavy atom. The molecule has 0 saturated carbocycles. The van der Waals surface area contributed by atoms with E-state index in [1.165, 1.54) is 45.2 Å². The number of aromatic nitrogens is 2. The molecule has 2 fully saturated rings. The average Bonchev–Trinajstić information content (AvgIpc) is 3.41. The van der Waals surface area contributed by atoms with Gasteiger partial charge in [-0.05, 0) is 120 Å². The van der Waals surface area contributed by atoms with Gasteiger partial charge in [0.1, 0.15) is 12.4 Å². The van der Waals surface area contributed by atoms with Crippen molar-refractivity contribution >= 4 is 16.9 Å². The number of pyridine rings is 2. The smallest absolute Gasteiger partial charge is 0.342 e. The Morgan fingerprint density at radius 2 is 1.87 bits per heavy atom. The molecule has 1 aromatic carbocycles. The van der Waals surface area contributed by atoms with Crippen LogP contribution in [0.15, 0.2) is 16.9 Å². The van der Waals surface area contributed by atoms with Crippen molar-refractivity contribution in [1.82, 2.24) is 25.1 Å². The minimum absolute atomic E-state index is 0.0574. The fraction of sp³-hybridized carbons (Fsp3) is 0.571. The third kappa shape index (κ3) is 4.75. The highest BCUT2D eigenvalue weighted by Crippen LogP contribution is 2.45. The van der Waals surface area contributed by atoms with Crippen molar-refractivity contribution in [3.63, 3.8) is 0 Å². The highest BCUT2D eigenvalue weighted by atomic mass is 19.1. The Morgan fingerprint density at radius 3 is 2.64 bits per heavy atom. The van der Waals surface area contributed by atoms with Gasteiger partial charge in [0.05, 0.1) is 29.0 Å². The summed E-state index contributed by atoms with van der Waals surface area (Å²) in [6.45, 7) is 10.1. The predicted octanol–water partition coefficient (Wildman–Crippen LogP) is 3.43. The molecule has 10 heteroatoms. The molecule has 0 radical (unpaired) electrons. The Bertz CT molecular complexity index is 1770. The maximum absolute atomic E-state index is 15.2. The molecular formula is C35H42FN5O4. The number of fused-ring (bicyclic) bond motifs is 5. The van der Waals surface area contributed by atoms with Crippen LogP contribution >= 0.6 is 0 Å². The van der Waals surface area contributed by atoms with Crippen molar-refractivity contribution in [3.8, 4) is 11.4 Å². The van der Waals surface area contributed by atoms with Crippen LogP contribution in [-0.4, -0.2) is 64.8 Å². The van der Waals surface area contributed by atoms with Gasteiger partial charge in [0.15, 0.2) is 5.60 Å². The van der Waals surface area contributed by atoms with Crippen LogP contribution in [0.25, 0.3) is 22.3 Å². The van der Waals surface area contributed by atoms with Crippen LogP contribution in [0.1, 0.15) is 78.5 Å². The number of aliphatic hydroxyl groups is 1. The molecule has 0 amide bonds. The standard InChI is InChI=1S/C35H42FN5O4/c1-19-22-3-4-27(38-15-20-7-11-40(12-8-20)16-21-5-9-37-10-6-21)31-23-17-41-29(32(23)39-28(30(22)31)14-26(19)36)13-25-24(33(41)42)18-45-34(43)35(25,2)44/h13-14,20-21,27,37-38,44H,3-12,15-18H2,1-2H3/t27-,35-/m0/s1. The van der Waals surface area contributed by atoms with Gasteiger partial charge in [-0.25, -0.2) is 14.2 Å². The van der Waals surface area contributed by atoms with Crippen molar-refractivity contribution < 1.29 is 19.0 Å². The van der Waals surface area contributed by atoms with E-state index in [0.717, 1.165) is 73.6 Å². The number of piperidine rings is 2. The maximum atomic E-state index is 15.2. The number of hydrogen-bond donors (Lipinski definition) is 3. The summed E-state index contributed by atoms with van der Waals surface area (Å²) >= 11 is 0. The summed E-state index contributed by atoms with van der Waals surface area (Å²) in [5.74, 6) is 0.365. The largest absolute Gasteiger partial charge is 0.458 e. The number of benzene rings is 1. The van der Waals surface area contributed by atoms with Gasteiger partial charge in [-0.3, -0.25) is 4.79 Å². The van der Waals surface area contributed by atoms with Crippen LogP contribution in [0.3, 0.4) is 0 Å². The molecule has 9 nitrogen and oxygen atoms in total. The van der Waals surface area contributed by atoms with E-state index in [2.05, 4.69) is 15.5 Å². The van der Waals surface area contributed by atoms with E-state index in [0.29, 0.717) is 34.9 Å². The molecule has 0 unspecified atom stereocenters. The zero-order chi connectivity index (χ0) is 31.0. The number of ether oxygens (including phenoxy) is 1. The molecule has 3 aromatic rings. The SMILES string of the molecule is Cc1c(F)cc2nc3c(c4c2c1CC[C@@H]4NCC1CCN(CC2CCNCC2)CC1)Cn1c-3cc2c(c1=O)COC(=O)[C@@]2(C)O. The van der Waals surface area contributed by atoms with E-state index in [4.69, 9.17) is 9.72 Å². The lowest BCUT2D eigenvalue weighted by atomic mass is 9.81. The molecule has 0 bridgehead atoms. The van der Waals surface area contributed by atoms with E-state index >= 15 is 4.39 Å². The summed E-state index contributed by atoms with van der Waals surface area (Å²) in [5, 5.41) is 19.4. The van der Waals surface area contributed by atoms with Gasteiger partial charge in [0, 0.05) is 35.2 Å². The van der Waals surface area contributed by atoms with Gasteiger partial charge in [0.2, 0.25) is 0 Å². The fourth-order valence-electron chi connectivity index (χ4n) is 8.62. The van der Waals surface area contributed by atoms with Crippen LogP contribution in [0.2, 0.25) is 0 Å². The van der Waals surface area contributed by atoms with Crippen molar-refractivity contribution in [1.29, 1.82) is 0 Å². The number of rotatable bonds is 5. The first-order valence-corrected chi connectivity index (χ1v) is 16.7. The number of nitrogens with one attached hydrogen (secondary N) is 2. The molecule has 2 atom stereocenters. The second kappa shape index (κ2) is 11.0. The lowest BCUT2D eigenvalue weighted by Crippen LogP contribution is -2.42. The first-order valence-electron chi connectivity index (χ1n) is 16.7. The number of carbonyl (C=O) groups excluding carboxylic acids is 1. The lowest BCUT2D eigenvalue weighted by Gasteiger charge is -2.36. The molecule has 3 N–H and O–H groups in total. The Balaban J connectivity index is 1.11. The average molecular weight is 616 g/mol. The summed E-state index contributed by atoms with van der Waals surface area (Å²) in [6, 6.07) is 3.29. The second-order valence-corrected chi connectivity index (χ2v) is 14.1. The molecule has 0 spiro atoms. The van der Waals surface area contributed by atoms with E-state index in [1.807, 2.05) is 6.92 Å². The number of hydrogen-bond acceptors (Lipinski definition) is 8.